The molecular weight excluding hydrogens is 176 g/mol. The van der Waals surface area contributed by atoms with E-state index in [-0.39, 0.29) is 0 Å². The number of ether oxygens (including phenoxy) is 1. The second-order valence-corrected chi connectivity index (χ2v) is 5.27. The zero-order valence-corrected chi connectivity index (χ0v) is 9.17. The minimum atomic E-state index is 0.425. The van der Waals surface area contributed by atoms with Crippen LogP contribution in [0.15, 0.2) is 0 Å². The molecule has 0 bridgehead atoms. The monoisotopic (exact) mass is 198 g/mol. The van der Waals surface area contributed by atoms with Crippen molar-refractivity contribution in [3.8, 4) is 0 Å². The topological polar surface area (TPSA) is 38.5 Å². The summed E-state index contributed by atoms with van der Waals surface area (Å²) in [6, 6.07) is 0.436. The van der Waals surface area contributed by atoms with Crippen LogP contribution in [0, 0.1) is 5.41 Å². The third kappa shape index (κ3) is 2.47. The lowest BCUT2D eigenvalue weighted by atomic mass is 9.88. The molecule has 3 nitrogen and oxygen atoms in total. The molecule has 2 aliphatic rings. The van der Waals surface area contributed by atoms with Gasteiger partial charge in [-0.3, -0.25) is 0 Å². The van der Waals surface area contributed by atoms with Crippen molar-refractivity contribution >= 4 is 0 Å². The molecule has 0 radical (unpaired) electrons. The van der Waals surface area contributed by atoms with Crippen molar-refractivity contribution < 1.29 is 4.74 Å². The minimum absolute atomic E-state index is 0.425. The molecule has 0 saturated carbocycles. The molecule has 0 spiro atoms. The van der Waals surface area contributed by atoms with Gasteiger partial charge in [-0.15, -0.1) is 0 Å². The van der Waals surface area contributed by atoms with E-state index in [2.05, 4.69) is 11.8 Å². The fraction of sp³-hybridized carbons (Fsp3) is 1.00. The average molecular weight is 198 g/mol. The number of nitrogens with zero attached hydrogens (tertiary/aromatic N) is 1. The van der Waals surface area contributed by atoms with Gasteiger partial charge in [-0.1, -0.05) is 6.92 Å². The largest absolute Gasteiger partial charge is 0.380 e. The normalized spacial score (nSPS) is 33.4. The lowest BCUT2D eigenvalue weighted by molar-refractivity contribution is -0.114. The van der Waals surface area contributed by atoms with Gasteiger partial charge in [0.25, 0.3) is 0 Å². The summed E-state index contributed by atoms with van der Waals surface area (Å²) in [6.07, 6.45) is 3.62. The van der Waals surface area contributed by atoms with E-state index in [1.165, 1.54) is 32.5 Å². The zero-order valence-electron chi connectivity index (χ0n) is 9.17. The Labute approximate surface area is 86.6 Å². The van der Waals surface area contributed by atoms with Crippen molar-refractivity contribution in [1.82, 2.24) is 4.90 Å². The highest BCUT2D eigenvalue weighted by Gasteiger charge is 2.35. The summed E-state index contributed by atoms with van der Waals surface area (Å²) < 4.78 is 5.28. The average Bonchev–Trinajstić information content (AvgIpc) is 2.29. The molecule has 1 unspecified atom stereocenters. The number of likely N-dealkylation sites (tertiary alicyclic amines) is 1. The first-order valence-corrected chi connectivity index (χ1v) is 5.74. The standard InChI is InChI=1S/C11H22N2O/c1-11(8-14-9-11)7-13-5-2-3-10(12)4-6-13/h10H,2-9,12H2,1H3. The molecule has 82 valence electrons. The molecule has 2 fully saturated rings. The van der Waals surface area contributed by atoms with Crippen LogP contribution in [0.4, 0.5) is 0 Å². The molecule has 2 N–H and O–H groups in total. The fourth-order valence-electron chi connectivity index (χ4n) is 2.42. The predicted octanol–water partition coefficient (Wildman–Crippen LogP) is 0.836. The number of hydrogen-bond acceptors (Lipinski definition) is 3. The predicted molar refractivity (Wildman–Crippen MR) is 57.2 cm³/mol. The Morgan fingerprint density at radius 2 is 2.14 bits per heavy atom. The molecule has 2 aliphatic heterocycles. The van der Waals surface area contributed by atoms with Gasteiger partial charge in [0.2, 0.25) is 0 Å². The van der Waals surface area contributed by atoms with Crippen LogP contribution >= 0.6 is 0 Å². The Morgan fingerprint density at radius 1 is 1.36 bits per heavy atom. The summed E-state index contributed by atoms with van der Waals surface area (Å²) in [4.78, 5) is 2.56. The highest BCUT2D eigenvalue weighted by Crippen LogP contribution is 2.28. The quantitative estimate of drug-likeness (QED) is 0.714. The smallest absolute Gasteiger partial charge is 0.0554 e. The first-order chi connectivity index (χ1) is 6.68. The second-order valence-electron chi connectivity index (χ2n) is 5.27. The van der Waals surface area contributed by atoms with Crippen molar-refractivity contribution in [1.29, 1.82) is 0 Å². The summed E-state index contributed by atoms with van der Waals surface area (Å²) >= 11 is 0. The molecule has 2 saturated heterocycles. The first kappa shape index (κ1) is 10.4. The van der Waals surface area contributed by atoms with Crippen LogP contribution in [0.25, 0.3) is 0 Å². The summed E-state index contributed by atoms with van der Waals surface area (Å²) in [6.45, 7) is 7.80. The second kappa shape index (κ2) is 4.17. The molecular formula is C11H22N2O. The summed E-state index contributed by atoms with van der Waals surface area (Å²) in [5.41, 5.74) is 6.38. The van der Waals surface area contributed by atoms with Crippen LogP contribution in [-0.2, 0) is 4.74 Å². The molecule has 0 aromatic heterocycles. The van der Waals surface area contributed by atoms with E-state index >= 15 is 0 Å². The van der Waals surface area contributed by atoms with Gasteiger partial charge in [-0.05, 0) is 32.4 Å². The van der Waals surface area contributed by atoms with Crippen molar-refractivity contribution in [2.75, 3.05) is 32.8 Å². The molecule has 2 heterocycles. The third-order valence-corrected chi connectivity index (χ3v) is 3.37. The van der Waals surface area contributed by atoms with Crippen molar-refractivity contribution in [2.45, 2.75) is 32.2 Å². The fourth-order valence-corrected chi connectivity index (χ4v) is 2.42. The Morgan fingerprint density at radius 3 is 2.79 bits per heavy atom. The molecule has 0 aliphatic carbocycles. The summed E-state index contributed by atoms with van der Waals surface area (Å²) in [5, 5.41) is 0. The van der Waals surface area contributed by atoms with Crippen molar-refractivity contribution in [3.05, 3.63) is 0 Å². The molecule has 2 rings (SSSR count). The molecule has 3 heteroatoms. The molecule has 1 atom stereocenters. The highest BCUT2D eigenvalue weighted by atomic mass is 16.5. The maximum atomic E-state index is 5.96. The zero-order chi connectivity index (χ0) is 10.0. The van der Waals surface area contributed by atoms with Gasteiger partial charge < -0.3 is 15.4 Å². The van der Waals surface area contributed by atoms with Crippen molar-refractivity contribution in [3.63, 3.8) is 0 Å². The maximum Gasteiger partial charge on any atom is 0.0554 e. The maximum absolute atomic E-state index is 5.96. The van der Waals surface area contributed by atoms with Gasteiger partial charge in [-0.2, -0.15) is 0 Å². The van der Waals surface area contributed by atoms with Crippen LogP contribution in [0.3, 0.4) is 0 Å². The summed E-state index contributed by atoms with van der Waals surface area (Å²) in [7, 11) is 0. The first-order valence-electron chi connectivity index (χ1n) is 5.74. The van der Waals surface area contributed by atoms with E-state index in [1.807, 2.05) is 0 Å². The third-order valence-electron chi connectivity index (χ3n) is 3.37. The van der Waals surface area contributed by atoms with E-state index in [1.54, 1.807) is 0 Å². The van der Waals surface area contributed by atoms with E-state index in [0.717, 1.165) is 19.6 Å². The number of rotatable bonds is 2. The Bertz CT molecular complexity index is 192. The van der Waals surface area contributed by atoms with Crippen LogP contribution in [-0.4, -0.2) is 43.8 Å². The number of hydrogen-bond donors (Lipinski definition) is 1. The van der Waals surface area contributed by atoms with E-state index < -0.39 is 0 Å². The lowest BCUT2D eigenvalue weighted by Crippen LogP contribution is -2.49. The lowest BCUT2D eigenvalue weighted by Gasteiger charge is -2.41. The van der Waals surface area contributed by atoms with Gasteiger partial charge in [0.1, 0.15) is 0 Å². The Kier molecular flexibility index (Phi) is 3.10. The molecule has 0 aromatic rings. The highest BCUT2D eigenvalue weighted by molar-refractivity contribution is 4.85. The number of nitrogens with two attached hydrogens (primary N) is 1. The van der Waals surface area contributed by atoms with E-state index in [0.29, 0.717) is 11.5 Å². The molecule has 0 aromatic carbocycles. The van der Waals surface area contributed by atoms with E-state index in [9.17, 15) is 0 Å². The SMILES string of the molecule is CC1(CN2CCCC(N)CC2)COC1. The van der Waals surface area contributed by atoms with Gasteiger partial charge in [-0.25, -0.2) is 0 Å². The van der Waals surface area contributed by atoms with E-state index in [4.69, 9.17) is 10.5 Å². The molecule has 0 amide bonds. The Balaban J connectivity index is 1.79. The minimum Gasteiger partial charge on any atom is -0.380 e. The van der Waals surface area contributed by atoms with Crippen LogP contribution < -0.4 is 5.73 Å². The molecule has 14 heavy (non-hydrogen) atoms. The van der Waals surface area contributed by atoms with Crippen LogP contribution in [0.5, 0.6) is 0 Å². The van der Waals surface area contributed by atoms with Crippen molar-refractivity contribution in [2.24, 2.45) is 11.1 Å². The van der Waals surface area contributed by atoms with Gasteiger partial charge in [0.05, 0.1) is 13.2 Å². The Hall–Kier alpha value is -0.120. The van der Waals surface area contributed by atoms with Gasteiger partial charge in [0, 0.05) is 18.0 Å². The van der Waals surface area contributed by atoms with Crippen LogP contribution in [0.2, 0.25) is 0 Å². The van der Waals surface area contributed by atoms with Crippen LogP contribution in [0.1, 0.15) is 26.2 Å². The summed E-state index contributed by atoms with van der Waals surface area (Å²) in [5.74, 6) is 0. The van der Waals surface area contributed by atoms with Gasteiger partial charge in [0.15, 0.2) is 0 Å². The van der Waals surface area contributed by atoms with Gasteiger partial charge >= 0.3 is 0 Å².